The Morgan fingerprint density at radius 3 is 2.10 bits per heavy atom. The van der Waals surface area contributed by atoms with Gasteiger partial charge in [-0.15, -0.1) is 0 Å². The lowest BCUT2D eigenvalue weighted by molar-refractivity contribution is -0.137. The Bertz CT molecular complexity index is 855. The van der Waals surface area contributed by atoms with E-state index in [1.54, 1.807) is 12.1 Å². The molecule has 30 heavy (non-hydrogen) atoms. The van der Waals surface area contributed by atoms with Gasteiger partial charge in [-0.05, 0) is 41.5 Å². The number of nitrogens with one attached hydrogen (secondary N) is 2. The second-order valence-electron chi connectivity index (χ2n) is 8.50. The van der Waals surface area contributed by atoms with E-state index in [0.29, 0.717) is 12.1 Å². The van der Waals surface area contributed by atoms with Crippen LogP contribution in [0.15, 0.2) is 54.6 Å². The largest absolute Gasteiger partial charge is 0.481 e. The van der Waals surface area contributed by atoms with Crippen LogP contribution in [0.5, 0.6) is 0 Å². The first kappa shape index (κ1) is 23.1. The Morgan fingerprint density at radius 2 is 1.53 bits per heavy atom. The minimum atomic E-state index is -1.01. The van der Waals surface area contributed by atoms with Gasteiger partial charge in [0, 0.05) is 18.5 Å². The minimum Gasteiger partial charge on any atom is -0.481 e. The Kier molecular flexibility index (Phi) is 8.16. The second kappa shape index (κ2) is 10.6. The lowest BCUT2D eigenvalue weighted by Gasteiger charge is -2.21. The van der Waals surface area contributed by atoms with Crippen LogP contribution in [0.3, 0.4) is 0 Å². The highest BCUT2D eigenvalue weighted by Gasteiger charge is 2.23. The maximum atomic E-state index is 12.6. The molecule has 160 valence electrons. The van der Waals surface area contributed by atoms with Crippen molar-refractivity contribution in [1.29, 1.82) is 0 Å². The monoisotopic (exact) mass is 410 g/mol. The molecule has 1 atom stereocenters. The first-order chi connectivity index (χ1) is 14.2. The fraction of sp³-hybridized carbons (Fsp3) is 0.375. The molecule has 0 spiro atoms. The van der Waals surface area contributed by atoms with Crippen LogP contribution in [0.25, 0.3) is 11.1 Å². The van der Waals surface area contributed by atoms with E-state index in [-0.39, 0.29) is 24.2 Å². The lowest BCUT2D eigenvalue weighted by atomic mass is 9.92. The fourth-order valence-corrected chi connectivity index (χ4v) is 2.91. The summed E-state index contributed by atoms with van der Waals surface area (Å²) in [5, 5.41) is 14.5. The van der Waals surface area contributed by atoms with Crippen molar-refractivity contribution >= 4 is 17.8 Å². The first-order valence-electron chi connectivity index (χ1n) is 10.1. The van der Waals surface area contributed by atoms with Crippen molar-refractivity contribution in [2.45, 2.75) is 46.1 Å². The third-order valence-electron chi connectivity index (χ3n) is 4.70. The maximum absolute atomic E-state index is 12.6. The fourth-order valence-electron chi connectivity index (χ4n) is 2.91. The molecule has 2 aromatic rings. The molecule has 0 aliphatic heterocycles. The number of rotatable bonds is 9. The summed E-state index contributed by atoms with van der Waals surface area (Å²) in [6.45, 7) is 6.68. The van der Waals surface area contributed by atoms with Crippen molar-refractivity contribution in [3.63, 3.8) is 0 Å². The van der Waals surface area contributed by atoms with Crippen molar-refractivity contribution in [2.75, 3.05) is 6.54 Å². The quantitative estimate of drug-likeness (QED) is 0.585. The number of carbonyl (C=O) groups excluding carboxylic acids is 2. The Hall–Kier alpha value is -3.15. The van der Waals surface area contributed by atoms with Gasteiger partial charge in [-0.3, -0.25) is 14.4 Å². The van der Waals surface area contributed by atoms with Gasteiger partial charge in [0.1, 0.15) is 6.04 Å². The van der Waals surface area contributed by atoms with Crippen LogP contribution in [0.4, 0.5) is 0 Å². The highest BCUT2D eigenvalue weighted by Crippen LogP contribution is 2.19. The molecule has 0 saturated heterocycles. The van der Waals surface area contributed by atoms with Crippen LogP contribution in [0.1, 0.15) is 50.4 Å². The molecule has 0 radical (unpaired) electrons. The molecule has 0 aliphatic rings. The number of carboxylic acids is 1. The highest BCUT2D eigenvalue weighted by molar-refractivity contribution is 5.98. The van der Waals surface area contributed by atoms with Gasteiger partial charge in [0.2, 0.25) is 5.91 Å². The molecule has 2 amide bonds. The van der Waals surface area contributed by atoms with Crippen LogP contribution in [-0.2, 0) is 9.59 Å². The molecule has 0 unspecified atom stereocenters. The highest BCUT2D eigenvalue weighted by atomic mass is 16.4. The molecule has 2 rings (SSSR count). The van der Waals surface area contributed by atoms with E-state index < -0.39 is 17.9 Å². The van der Waals surface area contributed by atoms with Gasteiger partial charge in [-0.25, -0.2) is 0 Å². The summed E-state index contributed by atoms with van der Waals surface area (Å²) in [5.41, 5.74) is 2.50. The minimum absolute atomic E-state index is 0.0323. The predicted molar refractivity (Wildman–Crippen MR) is 117 cm³/mol. The van der Waals surface area contributed by atoms with E-state index in [1.165, 1.54) is 0 Å². The van der Waals surface area contributed by atoms with Crippen molar-refractivity contribution in [1.82, 2.24) is 10.6 Å². The number of hydrogen-bond acceptors (Lipinski definition) is 3. The number of hydrogen-bond donors (Lipinski definition) is 3. The molecule has 2 aromatic carbocycles. The summed E-state index contributed by atoms with van der Waals surface area (Å²) in [4.78, 5) is 36.1. The van der Waals surface area contributed by atoms with Gasteiger partial charge in [0.15, 0.2) is 0 Å². The van der Waals surface area contributed by atoms with Crippen LogP contribution in [-0.4, -0.2) is 35.5 Å². The third kappa shape index (κ3) is 7.70. The van der Waals surface area contributed by atoms with Gasteiger partial charge >= 0.3 is 5.97 Å². The molecule has 6 heteroatoms. The summed E-state index contributed by atoms with van der Waals surface area (Å²) in [5.74, 6) is -1.78. The molecule has 0 fully saturated rings. The summed E-state index contributed by atoms with van der Waals surface area (Å²) in [6.07, 6.45) is 0.606. The van der Waals surface area contributed by atoms with E-state index in [0.717, 1.165) is 17.5 Å². The van der Waals surface area contributed by atoms with Crippen LogP contribution in [0, 0.1) is 5.41 Å². The number of carbonyl (C=O) groups is 3. The molecule has 0 aromatic heterocycles. The summed E-state index contributed by atoms with van der Waals surface area (Å²) >= 11 is 0. The van der Waals surface area contributed by atoms with Crippen molar-refractivity contribution in [3.05, 3.63) is 60.2 Å². The van der Waals surface area contributed by atoms with E-state index in [1.807, 2.05) is 42.5 Å². The number of amides is 2. The topological polar surface area (TPSA) is 95.5 Å². The zero-order valence-corrected chi connectivity index (χ0v) is 17.8. The van der Waals surface area contributed by atoms with Gasteiger partial charge < -0.3 is 15.7 Å². The SMILES string of the molecule is CC(C)(C)CCNC(=O)[C@H](CCC(=O)O)NC(=O)c1ccc(-c2ccccc2)cc1. The Morgan fingerprint density at radius 1 is 0.933 bits per heavy atom. The summed E-state index contributed by atoms with van der Waals surface area (Å²) in [7, 11) is 0. The standard InChI is InChI=1S/C24H30N2O4/c1-24(2,3)15-16-25-23(30)20(13-14-21(27)28)26-22(29)19-11-9-18(10-12-19)17-7-5-4-6-8-17/h4-12,20H,13-16H2,1-3H3,(H,25,30)(H,26,29)(H,27,28)/t20-/m0/s1. The predicted octanol–water partition coefficient (Wildman–Crippen LogP) is 3.87. The summed E-state index contributed by atoms with van der Waals surface area (Å²) in [6, 6.07) is 16.0. The zero-order valence-electron chi connectivity index (χ0n) is 17.8. The average molecular weight is 411 g/mol. The first-order valence-corrected chi connectivity index (χ1v) is 10.1. The number of carboxylic acid groups (broad SMARTS) is 1. The van der Waals surface area contributed by atoms with E-state index in [9.17, 15) is 14.4 Å². The van der Waals surface area contributed by atoms with Gasteiger partial charge in [0.25, 0.3) is 5.91 Å². The zero-order chi connectivity index (χ0) is 22.1. The third-order valence-corrected chi connectivity index (χ3v) is 4.70. The van der Waals surface area contributed by atoms with Gasteiger partial charge in [-0.2, -0.15) is 0 Å². The number of benzene rings is 2. The molecule has 0 saturated carbocycles. The number of aliphatic carboxylic acids is 1. The van der Waals surface area contributed by atoms with Crippen molar-refractivity contribution < 1.29 is 19.5 Å². The van der Waals surface area contributed by atoms with Crippen LogP contribution < -0.4 is 10.6 Å². The van der Waals surface area contributed by atoms with E-state index in [4.69, 9.17) is 5.11 Å². The lowest BCUT2D eigenvalue weighted by Crippen LogP contribution is -2.47. The molecule has 0 heterocycles. The van der Waals surface area contributed by atoms with Gasteiger partial charge in [0.05, 0.1) is 0 Å². The molecule has 3 N–H and O–H groups in total. The normalized spacial score (nSPS) is 12.1. The second-order valence-corrected chi connectivity index (χ2v) is 8.50. The molecule has 0 aliphatic carbocycles. The Labute approximate surface area is 177 Å². The smallest absolute Gasteiger partial charge is 0.303 e. The molecule has 6 nitrogen and oxygen atoms in total. The Balaban J connectivity index is 2.03. The maximum Gasteiger partial charge on any atom is 0.303 e. The van der Waals surface area contributed by atoms with Gasteiger partial charge in [-0.1, -0.05) is 63.2 Å². The van der Waals surface area contributed by atoms with E-state index >= 15 is 0 Å². The van der Waals surface area contributed by atoms with Crippen molar-refractivity contribution in [3.8, 4) is 11.1 Å². The van der Waals surface area contributed by atoms with Crippen molar-refractivity contribution in [2.24, 2.45) is 5.41 Å². The van der Waals surface area contributed by atoms with E-state index in [2.05, 4.69) is 31.4 Å². The summed E-state index contributed by atoms with van der Waals surface area (Å²) < 4.78 is 0. The average Bonchev–Trinajstić information content (AvgIpc) is 2.70. The van der Waals surface area contributed by atoms with Crippen LogP contribution in [0.2, 0.25) is 0 Å². The molecular weight excluding hydrogens is 380 g/mol. The van der Waals surface area contributed by atoms with Crippen LogP contribution >= 0.6 is 0 Å². The molecular formula is C24H30N2O4. The molecule has 0 bridgehead atoms.